The van der Waals surface area contributed by atoms with Crippen molar-refractivity contribution in [1.29, 1.82) is 0 Å². The predicted octanol–water partition coefficient (Wildman–Crippen LogP) is 2.18. The van der Waals surface area contributed by atoms with Gasteiger partial charge in [-0.1, -0.05) is 26.2 Å². The zero-order valence-corrected chi connectivity index (χ0v) is 15.4. The van der Waals surface area contributed by atoms with E-state index in [0.29, 0.717) is 45.1 Å². The summed E-state index contributed by atoms with van der Waals surface area (Å²) >= 11 is 0. The molecule has 0 fully saturated rings. The van der Waals surface area contributed by atoms with Gasteiger partial charge in [-0.2, -0.15) is 0 Å². The lowest BCUT2D eigenvalue weighted by molar-refractivity contribution is -0.451. The highest BCUT2D eigenvalue weighted by molar-refractivity contribution is 6.30. The molecule has 0 saturated heterocycles. The van der Waals surface area contributed by atoms with Crippen LogP contribution in [0.1, 0.15) is 79.6 Å². The summed E-state index contributed by atoms with van der Waals surface area (Å²) in [4.78, 5) is 52.0. The minimum Gasteiger partial charge on any atom is -0.274 e. The van der Waals surface area contributed by atoms with Crippen molar-refractivity contribution in [2.24, 2.45) is 0 Å². The van der Waals surface area contributed by atoms with E-state index in [2.05, 4.69) is 6.92 Å². The molecule has 0 spiro atoms. The summed E-state index contributed by atoms with van der Waals surface area (Å²) in [6.07, 6.45) is 3.87. The topological polar surface area (TPSA) is 88.1 Å². The van der Waals surface area contributed by atoms with Crippen LogP contribution in [-0.4, -0.2) is 35.1 Å². The third-order valence-electron chi connectivity index (χ3n) is 5.44. The van der Waals surface area contributed by atoms with E-state index in [1.54, 1.807) is 25.1 Å². The summed E-state index contributed by atoms with van der Waals surface area (Å²) in [5, 5.41) is 1.98. The van der Waals surface area contributed by atoms with Gasteiger partial charge in [0.05, 0.1) is 11.1 Å². The summed E-state index contributed by atoms with van der Waals surface area (Å²) in [5.41, 5.74) is 2.24. The lowest BCUT2D eigenvalue weighted by Gasteiger charge is -2.29. The highest BCUT2D eigenvalue weighted by Crippen LogP contribution is 2.36. The monoisotopic (exact) mass is 365 g/mol. The van der Waals surface area contributed by atoms with Gasteiger partial charge < -0.3 is 0 Å². The SMILES string of the molecule is CCCCCCN1C(=O)c2ccc3c4c(c(C)cc(c24)C1=O)C(=O)[NH2+]C3=O. The van der Waals surface area contributed by atoms with Crippen molar-refractivity contribution in [3.8, 4) is 0 Å². The summed E-state index contributed by atoms with van der Waals surface area (Å²) in [5.74, 6) is -1.43. The number of primary amides is 2. The van der Waals surface area contributed by atoms with Crippen molar-refractivity contribution in [2.45, 2.75) is 39.5 Å². The Balaban J connectivity index is 1.89. The highest BCUT2D eigenvalue weighted by Gasteiger charge is 2.39. The number of quaternary nitrogens is 1. The first-order valence-corrected chi connectivity index (χ1v) is 9.35. The van der Waals surface area contributed by atoms with Gasteiger partial charge in [0.15, 0.2) is 0 Å². The fourth-order valence-corrected chi connectivity index (χ4v) is 4.12. The Morgan fingerprint density at radius 2 is 1.56 bits per heavy atom. The molecule has 0 aliphatic carbocycles. The first-order chi connectivity index (χ1) is 13.0. The van der Waals surface area contributed by atoms with E-state index < -0.39 is 0 Å². The molecule has 138 valence electrons. The van der Waals surface area contributed by atoms with Crippen LogP contribution < -0.4 is 5.32 Å². The molecule has 0 saturated carbocycles. The van der Waals surface area contributed by atoms with Gasteiger partial charge in [0.2, 0.25) is 0 Å². The lowest BCUT2D eigenvalue weighted by Crippen LogP contribution is -2.92. The van der Waals surface area contributed by atoms with Gasteiger partial charge in [-0.15, -0.1) is 0 Å². The van der Waals surface area contributed by atoms with E-state index in [-0.39, 0.29) is 23.6 Å². The van der Waals surface area contributed by atoms with Gasteiger partial charge in [-0.05, 0) is 37.1 Å². The Morgan fingerprint density at radius 3 is 2.30 bits per heavy atom. The zero-order valence-electron chi connectivity index (χ0n) is 15.4. The molecule has 27 heavy (non-hydrogen) atoms. The van der Waals surface area contributed by atoms with Crippen LogP contribution in [0.15, 0.2) is 18.2 Å². The molecule has 4 rings (SSSR count). The maximum atomic E-state index is 13.0. The van der Waals surface area contributed by atoms with Crippen LogP contribution in [0.3, 0.4) is 0 Å². The van der Waals surface area contributed by atoms with Crippen molar-refractivity contribution in [2.75, 3.05) is 6.54 Å². The number of nitrogens with zero attached hydrogens (tertiary/aromatic N) is 1. The van der Waals surface area contributed by atoms with Crippen LogP contribution in [-0.2, 0) is 0 Å². The number of carbonyl (C=O) groups excluding carboxylic acids is 4. The lowest BCUT2D eigenvalue weighted by atomic mass is 9.84. The third-order valence-corrected chi connectivity index (χ3v) is 5.44. The average molecular weight is 365 g/mol. The van der Waals surface area contributed by atoms with Crippen molar-refractivity contribution < 1.29 is 24.5 Å². The minimum atomic E-state index is -0.377. The second kappa shape index (κ2) is 6.39. The molecule has 0 unspecified atom stereocenters. The number of benzene rings is 2. The number of carbonyl (C=O) groups is 4. The Kier molecular flexibility index (Phi) is 4.15. The van der Waals surface area contributed by atoms with Gasteiger partial charge in [0, 0.05) is 28.4 Å². The van der Waals surface area contributed by atoms with E-state index in [4.69, 9.17) is 0 Å². The maximum absolute atomic E-state index is 13.0. The second-order valence-electron chi connectivity index (χ2n) is 7.22. The Hall–Kier alpha value is -2.86. The number of amides is 4. The number of hydrogen-bond donors (Lipinski definition) is 1. The fraction of sp³-hybridized carbons (Fsp3) is 0.333. The standard InChI is InChI=1S/C21H20N2O4/c1-3-4-5-6-9-23-20(26)13-8-7-12-17-15(19(25)22-18(12)24)11(2)10-14(16(13)17)21(23)27/h7-8,10H,3-6,9H2,1-2H3,(H,22,24,25)/p+1. The van der Waals surface area contributed by atoms with Crippen LogP contribution in [0.25, 0.3) is 10.8 Å². The summed E-state index contributed by atoms with van der Waals surface area (Å²) < 4.78 is 0. The molecule has 2 N–H and O–H groups in total. The second-order valence-corrected chi connectivity index (χ2v) is 7.22. The molecule has 2 heterocycles. The first kappa shape index (κ1) is 17.5. The van der Waals surface area contributed by atoms with E-state index in [0.717, 1.165) is 31.0 Å². The molecule has 2 aliphatic heterocycles. The number of hydrogen-bond acceptors (Lipinski definition) is 4. The highest BCUT2D eigenvalue weighted by atomic mass is 16.2. The largest absolute Gasteiger partial charge is 0.351 e. The third kappa shape index (κ3) is 2.51. The summed E-state index contributed by atoms with van der Waals surface area (Å²) in [7, 11) is 0. The number of rotatable bonds is 5. The van der Waals surface area contributed by atoms with Gasteiger partial charge >= 0.3 is 11.8 Å². The van der Waals surface area contributed by atoms with Crippen molar-refractivity contribution in [3.05, 3.63) is 46.0 Å². The Labute approximate surface area is 156 Å². The molecule has 6 nitrogen and oxygen atoms in total. The van der Waals surface area contributed by atoms with Crippen LogP contribution >= 0.6 is 0 Å². The zero-order chi connectivity index (χ0) is 19.3. The van der Waals surface area contributed by atoms with Crippen molar-refractivity contribution >= 4 is 34.4 Å². The molecule has 4 amide bonds. The van der Waals surface area contributed by atoms with E-state index >= 15 is 0 Å². The van der Waals surface area contributed by atoms with Gasteiger partial charge in [0.1, 0.15) is 0 Å². The molecule has 0 aromatic heterocycles. The van der Waals surface area contributed by atoms with Gasteiger partial charge in [-0.25, -0.2) is 14.9 Å². The molecule has 0 radical (unpaired) electrons. The van der Waals surface area contributed by atoms with E-state index in [9.17, 15) is 19.2 Å². The van der Waals surface area contributed by atoms with Crippen LogP contribution in [0, 0.1) is 6.92 Å². The Morgan fingerprint density at radius 1 is 0.852 bits per heavy atom. The van der Waals surface area contributed by atoms with Crippen LogP contribution in [0.5, 0.6) is 0 Å². The minimum absolute atomic E-state index is 0.342. The normalized spacial score (nSPS) is 15.9. The number of aryl methyl sites for hydroxylation is 1. The Bertz CT molecular complexity index is 1040. The molecule has 0 atom stereocenters. The molecule has 0 bridgehead atoms. The van der Waals surface area contributed by atoms with Gasteiger partial charge in [0.25, 0.3) is 11.8 Å². The fourth-order valence-electron chi connectivity index (χ4n) is 4.12. The number of unbranched alkanes of at least 4 members (excludes halogenated alkanes) is 3. The van der Waals surface area contributed by atoms with E-state index in [1.807, 2.05) is 0 Å². The molecule has 2 aromatic carbocycles. The smallest absolute Gasteiger partial charge is 0.274 e. The number of nitrogens with two attached hydrogens (primary N) is 1. The van der Waals surface area contributed by atoms with Crippen molar-refractivity contribution in [3.63, 3.8) is 0 Å². The van der Waals surface area contributed by atoms with Crippen LogP contribution in [0.4, 0.5) is 0 Å². The van der Waals surface area contributed by atoms with E-state index in [1.165, 1.54) is 4.90 Å². The molecule has 2 aromatic rings. The molecule has 6 heteroatoms. The van der Waals surface area contributed by atoms with Gasteiger partial charge in [-0.3, -0.25) is 14.5 Å². The summed E-state index contributed by atoms with van der Waals surface area (Å²) in [6.45, 7) is 4.25. The summed E-state index contributed by atoms with van der Waals surface area (Å²) in [6, 6.07) is 4.88. The van der Waals surface area contributed by atoms with Crippen molar-refractivity contribution in [1.82, 2.24) is 4.90 Å². The average Bonchev–Trinajstić information content (AvgIpc) is 2.64. The molecular weight excluding hydrogens is 344 g/mol. The molecular formula is C21H21N2O4+. The number of imide groups is 2. The molecule has 2 aliphatic rings. The van der Waals surface area contributed by atoms with Crippen LogP contribution in [0.2, 0.25) is 0 Å². The maximum Gasteiger partial charge on any atom is 0.351 e. The predicted molar refractivity (Wildman–Crippen MR) is 98.8 cm³/mol. The first-order valence-electron chi connectivity index (χ1n) is 9.35. The quantitative estimate of drug-likeness (QED) is 0.650.